The summed E-state index contributed by atoms with van der Waals surface area (Å²) in [6, 6.07) is 13.0. The van der Waals surface area contributed by atoms with Gasteiger partial charge in [-0.25, -0.2) is 4.98 Å². The van der Waals surface area contributed by atoms with Gasteiger partial charge in [0.05, 0.1) is 23.7 Å². The number of fused-ring (bicyclic) bond motifs is 2. The summed E-state index contributed by atoms with van der Waals surface area (Å²) in [7, 11) is 3.77. The molecule has 2 N–H and O–H groups in total. The van der Waals surface area contributed by atoms with Crippen LogP contribution >= 0.6 is 0 Å². The zero-order chi connectivity index (χ0) is 21.5. The highest BCUT2D eigenvalue weighted by molar-refractivity contribution is 5.85. The number of nitrogens with zero attached hydrogens (tertiary/aromatic N) is 4. The first-order chi connectivity index (χ1) is 15.0. The molecule has 0 saturated heterocycles. The molecule has 1 aliphatic rings. The number of nitrogens with two attached hydrogens (primary N) is 1. The first kappa shape index (κ1) is 19.8. The molecule has 0 amide bonds. The highest BCUT2D eigenvalue weighted by Gasteiger charge is 2.29. The molecule has 1 saturated carbocycles. The van der Waals surface area contributed by atoms with Crippen LogP contribution in [0, 0.1) is 6.92 Å². The largest absolute Gasteiger partial charge is 0.497 e. The maximum Gasteiger partial charge on any atom is 0.130 e. The Hall–Kier alpha value is -3.12. The molecule has 6 heteroatoms. The average Bonchev–Trinajstić information content (AvgIpc) is 3.34. The van der Waals surface area contributed by atoms with E-state index in [-0.39, 0.29) is 6.04 Å². The van der Waals surface area contributed by atoms with Crippen molar-refractivity contribution in [1.82, 2.24) is 14.5 Å². The van der Waals surface area contributed by atoms with Crippen molar-refractivity contribution in [2.24, 2.45) is 12.8 Å². The van der Waals surface area contributed by atoms with Gasteiger partial charge in [-0.2, -0.15) is 0 Å². The van der Waals surface area contributed by atoms with Crippen molar-refractivity contribution >= 4 is 27.8 Å². The van der Waals surface area contributed by atoms with Crippen LogP contribution in [0.3, 0.4) is 0 Å². The predicted molar refractivity (Wildman–Crippen MR) is 126 cm³/mol. The Morgan fingerprint density at radius 2 is 2.10 bits per heavy atom. The third-order valence-electron chi connectivity index (χ3n) is 6.55. The molecule has 0 bridgehead atoms. The molecule has 0 spiro atoms. The summed E-state index contributed by atoms with van der Waals surface area (Å²) in [5.74, 6) is 1.81. The summed E-state index contributed by atoms with van der Waals surface area (Å²) in [5, 5.41) is 1.15. The molecular weight excluding hydrogens is 386 g/mol. The fourth-order valence-corrected chi connectivity index (χ4v) is 4.90. The number of aryl methyl sites for hydroxylation is 2. The van der Waals surface area contributed by atoms with Crippen LogP contribution in [-0.2, 0) is 13.6 Å². The maximum atomic E-state index is 6.31. The number of hydrogen-bond acceptors (Lipinski definition) is 5. The van der Waals surface area contributed by atoms with Crippen LogP contribution < -0.4 is 15.4 Å². The van der Waals surface area contributed by atoms with Gasteiger partial charge in [0.25, 0.3) is 0 Å². The highest BCUT2D eigenvalue weighted by Crippen LogP contribution is 2.33. The lowest BCUT2D eigenvalue weighted by atomic mass is 10.1. The van der Waals surface area contributed by atoms with Crippen molar-refractivity contribution in [1.29, 1.82) is 0 Å². The van der Waals surface area contributed by atoms with Crippen molar-refractivity contribution in [3.8, 4) is 5.75 Å². The third kappa shape index (κ3) is 3.61. The van der Waals surface area contributed by atoms with E-state index >= 15 is 0 Å². The third-order valence-corrected chi connectivity index (χ3v) is 6.55. The van der Waals surface area contributed by atoms with E-state index in [1.807, 2.05) is 24.4 Å². The topological polar surface area (TPSA) is 69.2 Å². The Morgan fingerprint density at radius 3 is 2.87 bits per heavy atom. The Balaban J connectivity index is 1.61. The van der Waals surface area contributed by atoms with Crippen LogP contribution in [0.15, 0.2) is 48.8 Å². The van der Waals surface area contributed by atoms with Crippen LogP contribution in [0.1, 0.15) is 30.4 Å². The number of pyridine rings is 2. The highest BCUT2D eigenvalue weighted by atomic mass is 16.5. The minimum atomic E-state index is 0.250. The van der Waals surface area contributed by atoms with Gasteiger partial charge in [-0.05, 0) is 62.1 Å². The number of anilines is 1. The SMILES string of the molecule is COc1ccc2c(C)cc(N(Cc3cn(C)c4cccnc34)[C@H]3CC[C@H](N)C3)nc2c1. The molecule has 160 valence electrons. The molecule has 4 aromatic rings. The van der Waals surface area contributed by atoms with Crippen LogP contribution in [-0.4, -0.2) is 33.7 Å². The monoisotopic (exact) mass is 415 g/mol. The van der Waals surface area contributed by atoms with Gasteiger partial charge < -0.3 is 19.9 Å². The second kappa shape index (κ2) is 7.85. The van der Waals surface area contributed by atoms with E-state index in [0.29, 0.717) is 6.04 Å². The molecule has 3 aromatic heterocycles. The summed E-state index contributed by atoms with van der Waals surface area (Å²) in [4.78, 5) is 12.2. The lowest BCUT2D eigenvalue weighted by Gasteiger charge is -2.31. The van der Waals surface area contributed by atoms with E-state index in [4.69, 9.17) is 15.5 Å². The second-order valence-corrected chi connectivity index (χ2v) is 8.67. The normalized spacial score (nSPS) is 18.7. The van der Waals surface area contributed by atoms with E-state index in [0.717, 1.165) is 59.3 Å². The number of aromatic nitrogens is 3. The Labute approximate surface area is 182 Å². The molecule has 5 rings (SSSR count). The second-order valence-electron chi connectivity index (χ2n) is 8.67. The van der Waals surface area contributed by atoms with Crippen molar-refractivity contribution in [3.63, 3.8) is 0 Å². The first-order valence-electron chi connectivity index (χ1n) is 10.9. The van der Waals surface area contributed by atoms with E-state index in [9.17, 15) is 0 Å². The Bertz CT molecular complexity index is 1250. The maximum absolute atomic E-state index is 6.31. The standard InChI is InChI=1S/C25H29N5O/c1-16-11-24(28-22-13-20(31-3)8-9-21(16)22)30(19-7-6-18(26)12-19)15-17-14-29(2)23-5-4-10-27-25(17)23/h4-5,8-11,13-14,18-19H,6-7,12,15,26H2,1-3H3/t18-,19-/m0/s1. The lowest BCUT2D eigenvalue weighted by Crippen LogP contribution is -2.35. The summed E-state index contributed by atoms with van der Waals surface area (Å²) >= 11 is 0. The molecule has 1 fully saturated rings. The van der Waals surface area contributed by atoms with Gasteiger partial charge in [-0.1, -0.05) is 0 Å². The van der Waals surface area contributed by atoms with E-state index in [1.165, 1.54) is 11.1 Å². The summed E-state index contributed by atoms with van der Waals surface area (Å²) in [6.45, 7) is 2.91. The lowest BCUT2D eigenvalue weighted by molar-refractivity contribution is 0.415. The predicted octanol–water partition coefficient (Wildman–Crippen LogP) is 4.32. The number of methoxy groups -OCH3 is 1. The molecular formula is C25H29N5O. The minimum absolute atomic E-state index is 0.250. The number of rotatable bonds is 5. The smallest absolute Gasteiger partial charge is 0.130 e. The molecule has 3 heterocycles. The van der Waals surface area contributed by atoms with Gasteiger partial charge in [0.2, 0.25) is 0 Å². The van der Waals surface area contributed by atoms with Gasteiger partial charge >= 0.3 is 0 Å². The van der Waals surface area contributed by atoms with Crippen molar-refractivity contribution < 1.29 is 4.74 Å². The zero-order valence-electron chi connectivity index (χ0n) is 18.4. The van der Waals surface area contributed by atoms with Gasteiger partial charge in [-0.15, -0.1) is 0 Å². The summed E-state index contributed by atoms with van der Waals surface area (Å²) < 4.78 is 7.59. The van der Waals surface area contributed by atoms with Crippen molar-refractivity contribution in [3.05, 3.63) is 59.9 Å². The minimum Gasteiger partial charge on any atom is -0.497 e. The van der Waals surface area contributed by atoms with Gasteiger partial charge in [0, 0.05) is 55.1 Å². The first-order valence-corrected chi connectivity index (χ1v) is 10.9. The van der Waals surface area contributed by atoms with Gasteiger partial charge in [0.15, 0.2) is 0 Å². The van der Waals surface area contributed by atoms with E-state index < -0.39 is 0 Å². The number of ether oxygens (including phenoxy) is 1. The Morgan fingerprint density at radius 1 is 1.23 bits per heavy atom. The zero-order valence-corrected chi connectivity index (χ0v) is 18.4. The Kier molecular flexibility index (Phi) is 5.02. The quantitative estimate of drug-likeness (QED) is 0.526. The molecule has 1 aliphatic carbocycles. The van der Waals surface area contributed by atoms with Crippen LogP contribution in [0.2, 0.25) is 0 Å². The van der Waals surface area contributed by atoms with E-state index in [2.05, 4.69) is 52.8 Å². The molecule has 0 aliphatic heterocycles. The molecule has 6 nitrogen and oxygen atoms in total. The molecule has 0 unspecified atom stereocenters. The summed E-state index contributed by atoms with van der Waals surface area (Å²) in [5.41, 5.74) is 11.9. The van der Waals surface area contributed by atoms with Crippen LogP contribution in [0.5, 0.6) is 5.75 Å². The van der Waals surface area contributed by atoms with Gasteiger partial charge in [-0.3, -0.25) is 4.98 Å². The molecule has 2 atom stereocenters. The summed E-state index contributed by atoms with van der Waals surface area (Å²) in [6.07, 6.45) is 7.17. The fraction of sp³-hybridized carbons (Fsp3) is 0.360. The van der Waals surface area contributed by atoms with E-state index in [1.54, 1.807) is 7.11 Å². The molecule has 0 radical (unpaired) electrons. The van der Waals surface area contributed by atoms with Gasteiger partial charge in [0.1, 0.15) is 11.6 Å². The van der Waals surface area contributed by atoms with Crippen molar-refractivity contribution in [2.45, 2.75) is 44.8 Å². The average molecular weight is 416 g/mol. The van der Waals surface area contributed by atoms with Crippen LogP contribution in [0.25, 0.3) is 21.9 Å². The molecule has 1 aromatic carbocycles. The molecule has 31 heavy (non-hydrogen) atoms. The van der Waals surface area contributed by atoms with Crippen LogP contribution in [0.4, 0.5) is 5.82 Å². The fourth-order valence-electron chi connectivity index (χ4n) is 4.90. The van der Waals surface area contributed by atoms with Crippen molar-refractivity contribution in [2.75, 3.05) is 12.0 Å². The number of benzene rings is 1. The number of hydrogen-bond donors (Lipinski definition) is 1.